The number of hydrogen-bond donors (Lipinski definition) is 3. The van der Waals surface area contributed by atoms with E-state index in [4.69, 9.17) is 15.3 Å². The molecule has 0 aromatic carbocycles. The standard InChI is InChI=1S/C5H8F2O4/c6-5(7)3(9)2(1-8)11-4(5)10/h2-4,8-10H,1H2/t2-,3?,4-/m1/s1. The highest BCUT2D eigenvalue weighted by Gasteiger charge is 2.57. The van der Waals surface area contributed by atoms with Gasteiger partial charge in [-0.15, -0.1) is 0 Å². The van der Waals surface area contributed by atoms with Gasteiger partial charge < -0.3 is 20.1 Å². The van der Waals surface area contributed by atoms with E-state index in [1.54, 1.807) is 0 Å². The Hall–Kier alpha value is -0.300. The smallest absolute Gasteiger partial charge is 0.325 e. The maximum Gasteiger partial charge on any atom is 0.325 e. The van der Waals surface area contributed by atoms with Crippen molar-refractivity contribution in [2.45, 2.75) is 24.4 Å². The van der Waals surface area contributed by atoms with Crippen molar-refractivity contribution in [3.63, 3.8) is 0 Å². The van der Waals surface area contributed by atoms with Gasteiger partial charge in [-0.2, -0.15) is 8.78 Å². The fraction of sp³-hybridized carbons (Fsp3) is 1.00. The molecule has 0 saturated carbocycles. The van der Waals surface area contributed by atoms with Crippen LogP contribution in [0.3, 0.4) is 0 Å². The van der Waals surface area contributed by atoms with Crippen molar-refractivity contribution in [1.29, 1.82) is 0 Å². The Bertz CT molecular complexity index is 151. The third-order valence-corrected chi connectivity index (χ3v) is 1.56. The second-order valence-electron chi connectivity index (χ2n) is 2.33. The molecule has 66 valence electrons. The number of halogens is 2. The lowest BCUT2D eigenvalue weighted by Gasteiger charge is -2.14. The number of aliphatic hydroxyl groups is 3. The lowest BCUT2D eigenvalue weighted by Crippen LogP contribution is -2.40. The first kappa shape index (κ1) is 8.79. The first-order chi connectivity index (χ1) is 5.00. The van der Waals surface area contributed by atoms with Crippen LogP contribution >= 0.6 is 0 Å². The van der Waals surface area contributed by atoms with Gasteiger partial charge in [0, 0.05) is 0 Å². The number of ether oxygens (including phenoxy) is 1. The number of aliphatic hydroxyl groups excluding tert-OH is 3. The van der Waals surface area contributed by atoms with E-state index in [9.17, 15) is 8.78 Å². The SMILES string of the molecule is OC[C@H]1O[C@@H](O)C(F)(F)C1O. The van der Waals surface area contributed by atoms with Gasteiger partial charge >= 0.3 is 5.92 Å². The van der Waals surface area contributed by atoms with E-state index in [1.807, 2.05) is 0 Å². The number of hydrogen-bond acceptors (Lipinski definition) is 4. The Morgan fingerprint density at radius 2 is 1.91 bits per heavy atom. The maximum absolute atomic E-state index is 12.4. The lowest BCUT2D eigenvalue weighted by molar-refractivity contribution is -0.198. The van der Waals surface area contributed by atoms with Gasteiger partial charge in [0.1, 0.15) is 6.10 Å². The van der Waals surface area contributed by atoms with Gasteiger partial charge in [0.15, 0.2) is 6.10 Å². The van der Waals surface area contributed by atoms with E-state index in [2.05, 4.69) is 4.74 Å². The molecule has 1 heterocycles. The highest BCUT2D eigenvalue weighted by atomic mass is 19.3. The zero-order valence-corrected chi connectivity index (χ0v) is 5.44. The van der Waals surface area contributed by atoms with E-state index in [0.717, 1.165) is 0 Å². The van der Waals surface area contributed by atoms with Crippen LogP contribution in [0.15, 0.2) is 0 Å². The molecule has 3 N–H and O–H groups in total. The molecule has 1 aliphatic heterocycles. The van der Waals surface area contributed by atoms with Gasteiger partial charge in [-0.1, -0.05) is 0 Å². The van der Waals surface area contributed by atoms with E-state index >= 15 is 0 Å². The minimum atomic E-state index is -3.69. The van der Waals surface area contributed by atoms with Crippen LogP contribution in [0, 0.1) is 0 Å². The molecule has 4 nitrogen and oxygen atoms in total. The largest absolute Gasteiger partial charge is 0.394 e. The zero-order valence-electron chi connectivity index (χ0n) is 5.44. The number of rotatable bonds is 1. The summed E-state index contributed by atoms with van der Waals surface area (Å²) in [7, 11) is 0. The predicted molar refractivity (Wildman–Crippen MR) is 28.9 cm³/mol. The summed E-state index contributed by atoms with van der Waals surface area (Å²) >= 11 is 0. The summed E-state index contributed by atoms with van der Waals surface area (Å²) in [5, 5.41) is 25.5. The summed E-state index contributed by atoms with van der Waals surface area (Å²) in [6.45, 7) is -0.742. The molecule has 0 aromatic heterocycles. The second kappa shape index (κ2) is 2.63. The summed E-state index contributed by atoms with van der Waals surface area (Å²) in [5.41, 5.74) is 0. The first-order valence-electron chi connectivity index (χ1n) is 3.00. The molecular formula is C5H8F2O4. The molecule has 0 aliphatic carbocycles. The minimum absolute atomic E-state index is 0.742. The van der Waals surface area contributed by atoms with Crippen molar-refractivity contribution in [3.8, 4) is 0 Å². The van der Waals surface area contributed by atoms with Crippen LogP contribution in [0.2, 0.25) is 0 Å². The molecule has 1 rings (SSSR count). The van der Waals surface area contributed by atoms with E-state index in [1.165, 1.54) is 0 Å². The van der Waals surface area contributed by atoms with Crippen molar-refractivity contribution in [2.24, 2.45) is 0 Å². The summed E-state index contributed by atoms with van der Waals surface area (Å²) in [5.74, 6) is -3.69. The van der Waals surface area contributed by atoms with E-state index < -0.39 is 31.0 Å². The monoisotopic (exact) mass is 170 g/mol. The second-order valence-corrected chi connectivity index (χ2v) is 2.33. The van der Waals surface area contributed by atoms with Crippen molar-refractivity contribution < 1.29 is 28.8 Å². The average Bonchev–Trinajstić information content (AvgIpc) is 2.14. The Balaban J connectivity index is 2.71. The van der Waals surface area contributed by atoms with E-state index in [-0.39, 0.29) is 0 Å². The van der Waals surface area contributed by atoms with Crippen LogP contribution < -0.4 is 0 Å². The summed E-state index contributed by atoms with van der Waals surface area (Å²) < 4.78 is 29.0. The topological polar surface area (TPSA) is 69.9 Å². The van der Waals surface area contributed by atoms with Gasteiger partial charge in [-0.3, -0.25) is 0 Å². The van der Waals surface area contributed by atoms with Crippen molar-refractivity contribution in [3.05, 3.63) is 0 Å². The normalized spacial score (nSPS) is 42.8. The number of alkyl halides is 2. The first-order valence-corrected chi connectivity index (χ1v) is 3.00. The molecule has 3 atom stereocenters. The third-order valence-electron chi connectivity index (χ3n) is 1.56. The molecule has 6 heteroatoms. The van der Waals surface area contributed by atoms with Crippen LogP contribution in [0.5, 0.6) is 0 Å². The van der Waals surface area contributed by atoms with Crippen molar-refractivity contribution >= 4 is 0 Å². The molecule has 1 fully saturated rings. The Morgan fingerprint density at radius 1 is 1.36 bits per heavy atom. The van der Waals surface area contributed by atoms with Gasteiger partial charge in [0.2, 0.25) is 6.29 Å². The average molecular weight is 170 g/mol. The van der Waals surface area contributed by atoms with Gasteiger partial charge in [0.25, 0.3) is 0 Å². The summed E-state index contributed by atoms with van der Waals surface area (Å²) in [6, 6.07) is 0. The molecule has 0 aromatic rings. The van der Waals surface area contributed by atoms with Crippen molar-refractivity contribution in [1.82, 2.24) is 0 Å². The van der Waals surface area contributed by atoms with Gasteiger partial charge in [-0.25, -0.2) is 0 Å². The fourth-order valence-corrected chi connectivity index (χ4v) is 0.868. The molecule has 0 radical (unpaired) electrons. The highest BCUT2D eigenvalue weighted by molar-refractivity contribution is 4.92. The fourth-order valence-electron chi connectivity index (χ4n) is 0.868. The molecule has 1 unspecified atom stereocenters. The molecule has 1 aliphatic rings. The van der Waals surface area contributed by atoms with Crippen molar-refractivity contribution in [2.75, 3.05) is 6.61 Å². The minimum Gasteiger partial charge on any atom is -0.394 e. The van der Waals surface area contributed by atoms with Crippen LogP contribution in [0.1, 0.15) is 0 Å². The molecule has 1 saturated heterocycles. The van der Waals surface area contributed by atoms with Gasteiger partial charge in [-0.05, 0) is 0 Å². The van der Waals surface area contributed by atoms with Crippen LogP contribution in [-0.2, 0) is 4.74 Å². The Morgan fingerprint density at radius 3 is 2.09 bits per heavy atom. The zero-order chi connectivity index (χ0) is 8.65. The molecular weight excluding hydrogens is 162 g/mol. The Labute approximate surface area is 61.0 Å². The summed E-state index contributed by atoms with van der Waals surface area (Å²) in [6.07, 6.45) is -5.86. The maximum atomic E-state index is 12.4. The molecule has 0 amide bonds. The third kappa shape index (κ3) is 1.22. The quantitative estimate of drug-likeness (QED) is 0.457. The summed E-state index contributed by atoms with van der Waals surface area (Å²) in [4.78, 5) is 0. The predicted octanol–water partition coefficient (Wildman–Crippen LogP) is -1.31. The van der Waals surface area contributed by atoms with Crippen LogP contribution in [0.25, 0.3) is 0 Å². The lowest BCUT2D eigenvalue weighted by atomic mass is 10.1. The molecule has 0 spiro atoms. The highest BCUT2D eigenvalue weighted by Crippen LogP contribution is 2.34. The van der Waals surface area contributed by atoms with E-state index in [0.29, 0.717) is 0 Å². The Kier molecular flexibility index (Phi) is 2.10. The molecule has 11 heavy (non-hydrogen) atoms. The molecule has 0 bridgehead atoms. The van der Waals surface area contributed by atoms with Crippen LogP contribution in [-0.4, -0.2) is 46.3 Å². The van der Waals surface area contributed by atoms with Gasteiger partial charge in [0.05, 0.1) is 6.61 Å². The van der Waals surface area contributed by atoms with Crippen LogP contribution in [0.4, 0.5) is 8.78 Å².